The third-order valence-corrected chi connectivity index (χ3v) is 4.37. The lowest BCUT2D eigenvalue weighted by atomic mass is 9.83. The van der Waals surface area contributed by atoms with Gasteiger partial charge in [-0.2, -0.15) is 0 Å². The first-order valence-corrected chi connectivity index (χ1v) is 7.29. The summed E-state index contributed by atoms with van der Waals surface area (Å²) in [6, 6.07) is 6.42. The third kappa shape index (κ3) is 2.93. The molecule has 0 radical (unpaired) electrons. The van der Waals surface area contributed by atoms with Crippen molar-refractivity contribution in [1.82, 2.24) is 5.32 Å². The van der Waals surface area contributed by atoms with Crippen LogP contribution in [0.1, 0.15) is 30.9 Å². The van der Waals surface area contributed by atoms with Crippen molar-refractivity contribution in [3.05, 3.63) is 29.3 Å². The Labute approximate surface area is 115 Å². The number of benzene rings is 1. The normalized spacial score (nSPS) is 21.7. The van der Waals surface area contributed by atoms with Crippen LogP contribution in [-0.4, -0.2) is 26.4 Å². The van der Waals surface area contributed by atoms with Crippen molar-refractivity contribution in [2.24, 2.45) is 5.41 Å². The van der Waals surface area contributed by atoms with Gasteiger partial charge in [0.1, 0.15) is 5.75 Å². The van der Waals surface area contributed by atoms with Gasteiger partial charge >= 0.3 is 0 Å². The number of hydrogen-bond acceptors (Lipinski definition) is 3. The summed E-state index contributed by atoms with van der Waals surface area (Å²) < 4.78 is 11.6. The van der Waals surface area contributed by atoms with Gasteiger partial charge in [-0.1, -0.05) is 19.1 Å². The van der Waals surface area contributed by atoms with Gasteiger partial charge in [-0.3, -0.25) is 0 Å². The molecule has 1 fully saturated rings. The monoisotopic (exact) mass is 261 g/mol. The molecule has 1 N–H and O–H groups in total. The van der Waals surface area contributed by atoms with E-state index in [0.29, 0.717) is 0 Å². The molecule has 3 heteroatoms. The zero-order valence-electron chi connectivity index (χ0n) is 11.7. The van der Waals surface area contributed by atoms with E-state index in [1.165, 1.54) is 11.1 Å². The maximum absolute atomic E-state index is 6.16. The molecule has 19 heavy (non-hydrogen) atoms. The molecule has 3 nitrogen and oxygen atoms in total. The fourth-order valence-electron chi connectivity index (χ4n) is 2.89. The molecule has 1 aromatic rings. The summed E-state index contributed by atoms with van der Waals surface area (Å²) in [5, 5.41) is 3.41. The van der Waals surface area contributed by atoms with Gasteiger partial charge in [0.2, 0.25) is 0 Å². The first-order valence-electron chi connectivity index (χ1n) is 7.29. The van der Waals surface area contributed by atoms with Crippen molar-refractivity contribution < 1.29 is 9.47 Å². The number of ether oxygens (including phenoxy) is 2. The van der Waals surface area contributed by atoms with Gasteiger partial charge in [0, 0.05) is 25.2 Å². The van der Waals surface area contributed by atoms with Crippen molar-refractivity contribution in [2.45, 2.75) is 32.7 Å². The van der Waals surface area contributed by atoms with Crippen molar-refractivity contribution in [3.8, 4) is 5.75 Å². The van der Waals surface area contributed by atoms with Crippen LogP contribution < -0.4 is 10.1 Å². The Morgan fingerprint density at radius 1 is 1.32 bits per heavy atom. The van der Waals surface area contributed by atoms with Crippen LogP contribution >= 0.6 is 0 Å². The molecule has 2 aliphatic heterocycles. The lowest BCUT2D eigenvalue weighted by molar-refractivity contribution is 0.000115. The summed E-state index contributed by atoms with van der Waals surface area (Å²) in [6.45, 7) is 6.89. The smallest absolute Gasteiger partial charge is 0.122 e. The Bertz CT molecular complexity index is 438. The minimum Gasteiger partial charge on any atom is -0.493 e. The lowest BCUT2D eigenvalue weighted by Gasteiger charge is -2.33. The zero-order chi connectivity index (χ0) is 13.1. The van der Waals surface area contributed by atoms with Crippen molar-refractivity contribution in [1.29, 1.82) is 0 Å². The molecule has 2 heterocycles. The molecule has 0 spiro atoms. The van der Waals surface area contributed by atoms with E-state index in [1.807, 2.05) is 0 Å². The van der Waals surface area contributed by atoms with E-state index < -0.39 is 0 Å². The molecule has 0 atom stereocenters. The summed E-state index contributed by atoms with van der Waals surface area (Å²) in [5.74, 6) is 1.09. The molecule has 0 unspecified atom stereocenters. The van der Waals surface area contributed by atoms with Gasteiger partial charge in [0.25, 0.3) is 0 Å². The van der Waals surface area contributed by atoms with Crippen LogP contribution in [0.5, 0.6) is 5.75 Å². The minimum atomic E-state index is 0.272. The second-order valence-corrected chi connectivity index (χ2v) is 6.03. The SMILES string of the molecule is CC1(COc2cccc3c2CCNC3)CCOCC1. The van der Waals surface area contributed by atoms with E-state index in [2.05, 4.69) is 30.4 Å². The first-order chi connectivity index (χ1) is 9.27. The topological polar surface area (TPSA) is 30.5 Å². The molecule has 0 amide bonds. The van der Waals surface area contributed by atoms with Crippen molar-refractivity contribution >= 4 is 0 Å². The molecule has 104 valence electrons. The van der Waals surface area contributed by atoms with Crippen molar-refractivity contribution in [2.75, 3.05) is 26.4 Å². The summed E-state index contributed by atoms with van der Waals surface area (Å²) >= 11 is 0. The van der Waals surface area contributed by atoms with Gasteiger partial charge in [-0.05, 0) is 43.0 Å². The summed E-state index contributed by atoms with van der Waals surface area (Å²) in [7, 11) is 0. The Balaban J connectivity index is 1.69. The molecule has 1 aromatic carbocycles. The molecule has 0 aromatic heterocycles. The maximum atomic E-state index is 6.16. The first kappa shape index (κ1) is 12.9. The van der Waals surface area contributed by atoms with E-state index in [1.54, 1.807) is 0 Å². The van der Waals surface area contributed by atoms with E-state index in [4.69, 9.17) is 9.47 Å². The standard InChI is InChI=1S/C16H23NO2/c1-16(6-9-18-10-7-16)12-19-15-4-2-3-13-11-17-8-5-14(13)15/h2-4,17H,5-12H2,1H3. The molecule has 0 bridgehead atoms. The molecule has 2 aliphatic rings. The predicted molar refractivity (Wildman–Crippen MR) is 75.5 cm³/mol. The van der Waals surface area contributed by atoms with Crippen LogP contribution in [0.3, 0.4) is 0 Å². The fourth-order valence-corrected chi connectivity index (χ4v) is 2.89. The quantitative estimate of drug-likeness (QED) is 0.907. The average Bonchev–Trinajstić information content (AvgIpc) is 2.46. The number of fused-ring (bicyclic) bond motifs is 1. The average molecular weight is 261 g/mol. The molecule has 3 rings (SSSR count). The zero-order valence-corrected chi connectivity index (χ0v) is 11.7. The lowest BCUT2D eigenvalue weighted by Crippen LogP contribution is -2.32. The number of hydrogen-bond donors (Lipinski definition) is 1. The number of nitrogens with one attached hydrogen (secondary N) is 1. The van der Waals surface area contributed by atoms with E-state index in [9.17, 15) is 0 Å². The van der Waals surface area contributed by atoms with E-state index in [0.717, 1.165) is 57.9 Å². The van der Waals surface area contributed by atoms with Gasteiger partial charge in [0.05, 0.1) is 6.61 Å². The Kier molecular flexibility index (Phi) is 3.76. The van der Waals surface area contributed by atoms with Gasteiger partial charge in [0.15, 0.2) is 0 Å². The highest BCUT2D eigenvalue weighted by molar-refractivity contribution is 5.41. The van der Waals surface area contributed by atoms with Crippen LogP contribution in [0.25, 0.3) is 0 Å². The Hall–Kier alpha value is -1.06. The highest BCUT2D eigenvalue weighted by atomic mass is 16.5. The highest BCUT2D eigenvalue weighted by Gasteiger charge is 2.28. The van der Waals surface area contributed by atoms with Gasteiger partial charge in [-0.25, -0.2) is 0 Å². The summed E-state index contributed by atoms with van der Waals surface area (Å²) in [5.41, 5.74) is 3.06. The van der Waals surface area contributed by atoms with Crippen LogP contribution in [-0.2, 0) is 17.7 Å². The van der Waals surface area contributed by atoms with Gasteiger partial charge < -0.3 is 14.8 Å². The summed E-state index contributed by atoms with van der Waals surface area (Å²) in [4.78, 5) is 0. The molecular weight excluding hydrogens is 238 g/mol. The van der Waals surface area contributed by atoms with Crippen LogP contribution in [0.2, 0.25) is 0 Å². The Morgan fingerprint density at radius 2 is 2.16 bits per heavy atom. The van der Waals surface area contributed by atoms with Crippen LogP contribution in [0, 0.1) is 5.41 Å². The second-order valence-electron chi connectivity index (χ2n) is 6.03. The summed E-state index contributed by atoms with van der Waals surface area (Å²) in [6.07, 6.45) is 3.28. The molecule has 0 aliphatic carbocycles. The Morgan fingerprint density at radius 3 is 3.00 bits per heavy atom. The van der Waals surface area contributed by atoms with E-state index >= 15 is 0 Å². The maximum Gasteiger partial charge on any atom is 0.122 e. The fraction of sp³-hybridized carbons (Fsp3) is 0.625. The molecular formula is C16H23NO2. The largest absolute Gasteiger partial charge is 0.493 e. The predicted octanol–water partition coefficient (Wildman–Crippen LogP) is 2.53. The number of rotatable bonds is 3. The third-order valence-electron chi connectivity index (χ3n) is 4.37. The van der Waals surface area contributed by atoms with Gasteiger partial charge in [-0.15, -0.1) is 0 Å². The van der Waals surface area contributed by atoms with Crippen LogP contribution in [0.15, 0.2) is 18.2 Å². The molecule has 1 saturated heterocycles. The minimum absolute atomic E-state index is 0.272. The van der Waals surface area contributed by atoms with Crippen molar-refractivity contribution in [3.63, 3.8) is 0 Å². The molecule has 0 saturated carbocycles. The highest BCUT2D eigenvalue weighted by Crippen LogP contribution is 2.32. The van der Waals surface area contributed by atoms with Crippen LogP contribution in [0.4, 0.5) is 0 Å². The second kappa shape index (κ2) is 5.51. The van der Waals surface area contributed by atoms with E-state index in [-0.39, 0.29) is 5.41 Å².